The quantitative estimate of drug-likeness (QED) is 0.792. The lowest BCUT2D eigenvalue weighted by molar-refractivity contribution is 0.0103. The summed E-state index contributed by atoms with van der Waals surface area (Å²) in [5.74, 6) is 0.627. The minimum absolute atomic E-state index is 0. The molecular formula is C20H24N4O. The summed E-state index contributed by atoms with van der Waals surface area (Å²) in [7, 11) is 0. The van der Waals surface area contributed by atoms with Gasteiger partial charge in [0.2, 0.25) is 0 Å². The summed E-state index contributed by atoms with van der Waals surface area (Å²) in [5.41, 5.74) is 3.28. The van der Waals surface area contributed by atoms with Gasteiger partial charge in [0.15, 0.2) is 0 Å². The van der Waals surface area contributed by atoms with Crippen LogP contribution in [0.1, 0.15) is 20.7 Å². The van der Waals surface area contributed by atoms with Gasteiger partial charge in [-0.25, -0.2) is 9.97 Å². The fourth-order valence-electron chi connectivity index (χ4n) is 4.19. The lowest BCUT2D eigenvalue weighted by Crippen LogP contribution is -2.49. The smallest absolute Gasteiger partial charge is 0.316 e. The molecule has 1 N–H and O–H groups in total. The summed E-state index contributed by atoms with van der Waals surface area (Å²) in [6.07, 6.45) is 9.58. The maximum Gasteiger partial charge on any atom is 0.316 e. The van der Waals surface area contributed by atoms with Crippen molar-refractivity contribution < 1.29 is 6.16 Å². The molecule has 5 rings (SSSR count). The van der Waals surface area contributed by atoms with Crippen LogP contribution in [0.5, 0.6) is 6.01 Å². The zero-order valence-corrected chi connectivity index (χ0v) is 14.2. The number of H-pyrrole nitrogens is 1. The van der Waals surface area contributed by atoms with Gasteiger partial charge in [-0.2, -0.15) is 0 Å². The molecule has 5 heteroatoms. The van der Waals surface area contributed by atoms with Gasteiger partial charge in [0, 0.05) is 50.1 Å². The normalized spacial score (nSPS) is 25.8. The second-order valence-electron chi connectivity index (χ2n) is 7.18. The van der Waals surface area contributed by atoms with E-state index in [2.05, 4.69) is 44.1 Å². The SMILES string of the molecule is [HH].c1cc2cc(-c3cnc(O[C@H]4CCN5CCC[C@@H]4C5)nc3)ccc2[nH]1. The summed E-state index contributed by atoms with van der Waals surface area (Å²) in [6.45, 7) is 3.55. The highest BCUT2D eigenvalue weighted by Crippen LogP contribution is 2.29. The van der Waals surface area contributed by atoms with Gasteiger partial charge < -0.3 is 14.6 Å². The Morgan fingerprint density at radius 2 is 2.00 bits per heavy atom. The number of nitrogens with one attached hydrogen (secondary N) is 1. The van der Waals surface area contributed by atoms with E-state index in [1.165, 1.54) is 31.3 Å². The van der Waals surface area contributed by atoms with Gasteiger partial charge in [-0.1, -0.05) is 6.07 Å². The number of piperidine rings is 2. The molecule has 1 unspecified atom stereocenters. The molecule has 0 saturated carbocycles. The van der Waals surface area contributed by atoms with E-state index in [-0.39, 0.29) is 7.53 Å². The van der Waals surface area contributed by atoms with Crippen molar-refractivity contribution in [1.29, 1.82) is 0 Å². The Balaban J connectivity index is 0.00000168. The maximum atomic E-state index is 6.14. The van der Waals surface area contributed by atoms with Gasteiger partial charge in [0.05, 0.1) is 0 Å². The lowest BCUT2D eigenvalue weighted by Gasteiger charge is -2.41. The molecule has 2 fully saturated rings. The van der Waals surface area contributed by atoms with E-state index in [1.807, 2.05) is 18.6 Å². The Labute approximate surface area is 148 Å². The van der Waals surface area contributed by atoms with Crippen LogP contribution in [0.3, 0.4) is 0 Å². The minimum Gasteiger partial charge on any atom is -0.460 e. The fourth-order valence-corrected chi connectivity index (χ4v) is 4.19. The number of hydrogen-bond donors (Lipinski definition) is 1. The molecule has 0 aliphatic carbocycles. The highest BCUT2D eigenvalue weighted by molar-refractivity contribution is 5.84. The molecule has 130 valence electrons. The third-order valence-electron chi connectivity index (χ3n) is 5.57. The van der Waals surface area contributed by atoms with E-state index in [4.69, 9.17) is 4.74 Å². The van der Waals surface area contributed by atoms with Crippen LogP contribution in [0.25, 0.3) is 22.0 Å². The topological polar surface area (TPSA) is 54.0 Å². The van der Waals surface area contributed by atoms with Gasteiger partial charge in [-0.05, 0) is 55.0 Å². The molecular weight excluding hydrogens is 312 g/mol. The highest BCUT2D eigenvalue weighted by Gasteiger charge is 2.33. The molecule has 2 aliphatic rings. The Kier molecular flexibility index (Phi) is 3.67. The van der Waals surface area contributed by atoms with E-state index in [9.17, 15) is 0 Å². The molecule has 0 amide bonds. The summed E-state index contributed by atoms with van der Waals surface area (Å²) in [4.78, 5) is 14.7. The average molecular weight is 336 g/mol. The van der Waals surface area contributed by atoms with Crippen molar-refractivity contribution in [2.45, 2.75) is 25.4 Å². The van der Waals surface area contributed by atoms with Gasteiger partial charge in [0.1, 0.15) is 6.10 Å². The molecule has 2 saturated heterocycles. The first-order chi connectivity index (χ1) is 12.3. The number of nitrogens with zero attached hydrogens (tertiary/aromatic N) is 3. The predicted molar refractivity (Wildman–Crippen MR) is 99.6 cm³/mol. The molecule has 0 radical (unpaired) electrons. The van der Waals surface area contributed by atoms with E-state index in [1.54, 1.807) is 0 Å². The van der Waals surface area contributed by atoms with Crippen molar-refractivity contribution in [2.75, 3.05) is 19.6 Å². The van der Waals surface area contributed by atoms with E-state index < -0.39 is 0 Å². The average Bonchev–Trinajstić information content (AvgIpc) is 3.13. The first-order valence-corrected chi connectivity index (χ1v) is 9.14. The van der Waals surface area contributed by atoms with Crippen molar-refractivity contribution in [3.8, 4) is 17.1 Å². The second kappa shape index (κ2) is 6.15. The molecule has 1 aromatic carbocycles. The van der Waals surface area contributed by atoms with Crippen LogP contribution in [-0.2, 0) is 0 Å². The van der Waals surface area contributed by atoms with Crippen molar-refractivity contribution in [3.63, 3.8) is 0 Å². The summed E-state index contributed by atoms with van der Waals surface area (Å²) in [5, 5.41) is 1.20. The van der Waals surface area contributed by atoms with Gasteiger partial charge in [0.25, 0.3) is 0 Å². The van der Waals surface area contributed by atoms with E-state index in [0.29, 0.717) is 11.9 Å². The number of ether oxygens (including phenoxy) is 1. The van der Waals surface area contributed by atoms with Crippen molar-refractivity contribution in [1.82, 2.24) is 19.9 Å². The Morgan fingerprint density at radius 1 is 1.08 bits per heavy atom. The molecule has 2 aromatic heterocycles. The predicted octanol–water partition coefficient (Wildman–Crippen LogP) is 3.73. The Hall–Kier alpha value is -2.40. The number of fused-ring (bicyclic) bond motifs is 3. The largest absolute Gasteiger partial charge is 0.460 e. The van der Waals surface area contributed by atoms with E-state index >= 15 is 0 Å². The third-order valence-corrected chi connectivity index (χ3v) is 5.57. The van der Waals surface area contributed by atoms with Crippen molar-refractivity contribution in [3.05, 3.63) is 42.9 Å². The number of aromatic nitrogens is 3. The summed E-state index contributed by atoms with van der Waals surface area (Å²) < 4.78 is 6.14. The van der Waals surface area contributed by atoms with Crippen LogP contribution < -0.4 is 4.74 Å². The molecule has 2 aliphatic heterocycles. The fraction of sp³-hybridized carbons (Fsp3) is 0.400. The molecule has 5 nitrogen and oxygen atoms in total. The summed E-state index contributed by atoms with van der Waals surface area (Å²) in [6, 6.07) is 8.92. The number of rotatable bonds is 3. The van der Waals surface area contributed by atoms with Crippen LogP contribution in [-0.4, -0.2) is 45.6 Å². The van der Waals surface area contributed by atoms with Crippen molar-refractivity contribution in [2.24, 2.45) is 5.92 Å². The van der Waals surface area contributed by atoms with Crippen LogP contribution >= 0.6 is 0 Å². The van der Waals surface area contributed by atoms with Crippen LogP contribution in [0.15, 0.2) is 42.9 Å². The Bertz CT molecular complexity index is 879. The first kappa shape index (κ1) is 14.9. The molecule has 4 heterocycles. The van der Waals surface area contributed by atoms with Crippen LogP contribution in [0.4, 0.5) is 0 Å². The van der Waals surface area contributed by atoms with Gasteiger partial charge >= 0.3 is 6.01 Å². The maximum absolute atomic E-state index is 6.14. The highest BCUT2D eigenvalue weighted by atomic mass is 16.5. The molecule has 25 heavy (non-hydrogen) atoms. The third kappa shape index (κ3) is 2.89. The summed E-state index contributed by atoms with van der Waals surface area (Å²) >= 11 is 0. The van der Waals surface area contributed by atoms with Crippen molar-refractivity contribution >= 4 is 10.9 Å². The molecule has 3 aromatic rings. The second-order valence-corrected chi connectivity index (χ2v) is 7.18. The first-order valence-electron chi connectivity index (χ1n) is 9.14. The van der Waals surface area contributed by atoms with Crippen LogP contribution in [0, 0.1) is 5.92 Å². The zero-order valence-electron chi connectivity index (χ0n) is 14.2. The molecule has 0 spiro atoms. The minimum atomic E-state index is 0. The molecule has 3 atom stereocenters. The number of aromatic amines is 1. The number of benzene rings is 1. The van der Waals surface area contributed by atoms with Gasteiger partial charge in [-0.3, -0.25) is 0 Å². The lowest BCUT2D eigenvalue weighted by atomic mass is 9.87. The zero-order chi connectivity index (χ0) is 16.6. The molecule has 2 bridgehead atoms. The standard InChI is InChI=1S/C20H22N4O.H2/c1-2-16-13-24(8-1)9-6-19(16)25-20-22-11-17(12-23-20)14-3-4-18-15(10-14)5-7-21-18;/h3-5,7,10-12,16,19,21H,1-2,6,8-9,13H2;1H/t16-,19+;/m1./s1. The number of hydrogen-bond acceptors (Lipinski definition) is 4. The monoisotopic (exact) mass is 336 g/mol. The van der Waals surface area contributed by atoms with E-state index in [0.717, 1.165) is 29.6 Å². The van der Waals surface area contributed by atoms with Gasteiger partial charge in [-0.15, -0.1) is 0 Å². The Morgan fingerprint density at radius 3 is 2.92 bits per heavy atom. The van der Waals surface area contributed by atoms with Crippen LogP contribution in [0.2, 0.25) is 0 Å².